The number of rotatable bonds is 3. The number of para-hydroxylation sites is 1. The number of nitrogen functional groups attached to an aromatic ring is 1. The van der Waals surface area contributed by atoms with Gasteiger partial charge in [-0.3, -0.25) is 0 Å². The molecule has 0 saturated carbocycles. The van der Waals surface area contributed by atoms with Gasteiger partial charge >= 0.3 is 5.97 Å². The number of anilines is 1. The minimum absolute atomic E-state index is 0.0171. The highest BCUT2D eigenvalue weighted by Crippen LogP contribution is 2.33. The Balaban J connectivity index is 2.43. The summed E-state index contributed by atoms with van der Waals surface area (Å²) in [5.41, 5.74) is 7.72. The van der Waals surface area contributed by atoms with Crippen LogP contribution in [0.5, 0.6) is 5.75 Å². The normalized spacial score (nSPS) is 10.2. The van der Waals surface area contributed by atoms with Gasteiger partial charge in [0.2, 0.25) is 0 Å². The average Bonchev–Trinajstić information content (AvgIpc) is 2.42. The van der Waals surface area contributed by atoms with Gasteiger partial charge in [0.1, 0.15) is 5.75 Å². The van der Waals surface area contributed by atoms with E-state index in [1.807, 2.05) is 0 Å². The Kier molecular flexibility index (Phi) is 3.71. The lowest BCUT2D eigenvalue weighted by Crippen LogP contribution is -2.04. The van der Waals surface area contributed by atoms with Crippen molar-refractivity contribution in [2.24, 2.45) is 0 Å². The van der Waals surface area contributed by atoms with Gasteiger partial charge in [0.25, 0.3) is 0 Å². The van der Waals surface area contributed by atoms with Gasteiger partial charge in [-0.25, -0.2) is 4.79 Å². The lowest BCUT2D eigenvalue weighted by molar-refractivity contribution is 0.0526. The monoisotopic (exact) mass is 257 g/mol. The highest BCUT2D eigenvalue weighted by molar-refractivity contribution is 5.91. The number of phenols is 1. The van der Waals surface area contributed by atoms with E-state index in [-0.39, 0.29) is 11.7 Å². The smallest absolute Gasteiger partial charge is 0.338 e. The molecule has 2 aromatic rings. The van der Waals surface area contributed by atoms with E-state index < -0.39 is 0 Å². The Morgan fingerprint density at radius 3 is 2.74 bits per heavy atom. The number of benzene rings is 2. The first kappa shape index (κ1) is 13.0. The Labute approximate surface area is 111 Å². The summed E-state index contributed by atoms with van der Waals surface area (Å²) in [5, 5.41) is 9.94. The van der Waals surface area contributed by atoms with Crippen molar-refractivity contribution >= 4 is 11.7 Å². The van der Waals surface area contributed by atoms with E-state index in [1.54, 1.807) is 49.4 Å². The van der Waals surface area contributed by atoms with Crippen LogP contribution in [0.1, 0.15) is 17.3 Å². The third-order valence-corrected chi connectivity index (χ3v) is 2.75. The van der Waals surface area contributed by atoms with Crippen LogP contribution in [0.15, 0.2) is 42.5 Å². The van der Waals surface area contributed by atoms with E-state index >= 15 is 0 Å². The van der Waals surface area contributed by atoms with Gasteiger partial charge in [0.05, 0.1) is 17.9 Å². The number of esters is 1. The Morgan fingerprint density at radius 1 is 1.26 bits per heavy atom. The highest BCUT2D eigenvalue weighted by Gasteiger charge is 2.11. The van der Waals surface area contributed by atoms with Crippen LogP contribution < -0.4 is 5.73 Å². The molecule has 3 N–H and O–H groups in total. The summed E-state index contributed by atoms with van der Waals surface area (Å²) < 4.78 is 4.95. The summed E-state index contributed by atoms with van der Waals surface area (Å²) in [6.45, 7) is 2.08. The lowest BCUT2D eigenvalue weighted by Gasteiger charge is -2.08. The van der Waals surface area contributed by atoms with Crippen LogP contribution in [0, 0.1) is 0 Å². The zero-order valence-electron chi connectivity index (χ0n) is 10.6. The maximum Gasteiger partial charge on any atom is 0.338 e. The molecule has 0 heterocycles. The van der Waals surface area contributed by atoms with E-state index in [1.165, 1.54) is 0 Å². The van der Waals surface area contributed by atoms with E-state index in [4.69, 9.17) is 10.5 Å². The highest BCUT2D eigenvalue weighted by atomic mass is 16.5. The summed E-state index contributed by atoms with van der Waals surface area (Å²) in [5.74, 6) is -0.365. The van der Waals surface area contributed by atoms with Crippen LogP contribution in [-0.2, 0) is 4.74 Å². The van der Waals surface area contributed by atoms with Gasteiger partial charge in [0.15, 0.2) is 0 Å². The van der Waals surface area contributed by atoms with E-state index in [9.17, 15) is 9.90 Å². The minimum Gasteiger partial charge on any atom is -0.505 e. The van der Waals surface area contributed by atoms with Crippen molar-refractivity contribution in [3.05, 3.63) is 48.0 Å². The maximum atomic E-state index is 11.7. The molecule has 0 aliphatic heterocycles. The molecule has 98 valence electrons. The van der Waals surface area contributed by atoms with Crippen molar-refractivity contribution in [2.75, 3.05) is 12.3 Å². The molecule has 0 aromatic heterocycles. The number of hydrogen-bond donors (Lipinski definition) is 2. The predicted octanol–water partition coefficient (Wildman–Crippen LogP) is 2.82. The molecule has 4 heteroatoms. The Bertz CT molecular complexity index is 608. The van der Waals surface area contributed by atoms with E-state index in [0.717, 1.165) is 5.56 Å². The maximum absolute atomic E-state index is 11.7. The molecule has 2 aromatic carbocycles. The number of phenolic OH excluding ortho intramolecular Hbond substituents is 1. The molecule has 19 heavy (non-hydrogen) atoms. The first-order chi connectivity index (χ1) is 9.13. The SMILES string of the molecule is CCOC(=O)c1cccc(-c2cccc(N)c2O)c1. The zero-order chi connectivity index (χ0) is 13.8. The molecule has 0 spiro atoms. The molecular formula is C15H15NO3. The second kappa shape index (κ2) is 5.44. The Morgan fingerprint density at radius 2 is 2.00 bits per heavy atom. The molecule has 0 saturated heterocycles. The number of nitrogens with two attached hydrogens (primary N) is 1. The standard InChI is InChI=1S/C15H15NO3/c1-2-19-15(18)11-6-3-5-10(9-11)12-7-4-8-13(16)14(12)17/h3-9,17H,2,16H2,1H3. The molecule has 0 bridgehead atoms. The van der Waals surface area contributed by atoms with Crippen LogP contribution in [0.3, 0.4) is 0 Å². The fraction of sp³-hybridized carbons (Fsp3) is 0.133. The molecule has 0 aliphatic carbocycles. The summed E-state index contributed by atoms with van der Waals surface area (Å²) in [6, 6.07) is 12.0. The molecule has 4 nitrogen and oxygen atoms in total. The van der Waals surface area contributed by atoms with Gasteiger partial charge in [-0.1, -0.05) is 24.3 Å². The third kappa shape index (κ3) is 2.68. The van der Waals surface area contributed by atoms with Gasteiger partial charge in [-0.05, 0) is 30.7 Å². The molecule has 0 amide bonds. The topological polar surface area (TPSA) is 72.5 Å². The summed E-state index contributed by atoms with van der Waals surface area (Å²) in [6.07, 6.45) is 0. The van der Waals surface area contributed by atoms with Gasteiger partial charge in [0, 0.05) is 5.56 Å². The Hall–Kier alpha value is -2.49. The number of carbonyl (C=O) groups is 1. The number of aromatic hydroxyl groups is 1. The summed E-state index contributed by atoms with van der Waals surface area (Å²) in [4.78, 5) is 11.7. The molecular weight excluding hydrogens is 242 g/mol. The average molecular weight is 257 g/mol. The van der Waals surface area contributed by atoms with Crippen molar-refractivity contribution in [1.29, 1.82) is 0 Å². The summed E-state index contributed by atoms with van der Waals surface area (Å²) >= 11 is 0. The first-order valence-electron chi connectivity index (χ1n) is 5.98. The lowest BCUT2D eigenvalue weighted by atomic mass is 10.0. The number of carbonyl (C=O) groups excluding carboxylic acids is 1. The van der Waals surface area contributed by atoms with E-state index in [2.05, 4.69) is 0 Å². The predicted molar refractivity (Wildman–Crippen MR) is 73.9 cm³/mol. The second-order valence-electron chi connectivity index (χ2n) is 4.04. The molecule has 0 unspecified atom stereocenters. The van der Waals surface area contributed by atoms with Crippen LogP contribution in [0.4, 0.5) is 5.69 Å². The second-order valence-corrected chi connectivity index (χ2v) is 4.04. The van der Waals surface area contributed by atoms with Crippen molar-refractivity contribution in [1.82, 2.24) is 0 Å². The number of hydrogen-bond acceptors (Lipinski definition) is 4. The first-order valence-corrected chi connectivity index (χ1v) is 5.98. The zero-order valence-corrected chi connectivity index (χ0v) is 10.6. The minimum atomic E-state index is -0.382. The van der Waals surface area contributed by atoms with Crippen LogP contribution in [-0.4, -0.2) is 17.7 Å². The van der Waals surface area contributed by atoms with Gasteiger partial charge in [-0.15, -0.1) is 0 Å². The van der Waals surface area contributed by atoms with Gasteiger partial charge < -0.3 is 15.6 Å². The third-order valence-electron chi connectivity index (χ3n) is 2.75. The van der Waals surface area contributed by atoms with Crippen LogP contribution >= 0.6 is 0 Å². The molecule has 2 rings (SSSR count). The van der Waals surface area contributed by atoms with Crippen molar-refractivity contribution in [3.63, 3.8) is 0 Å². The number of ether oxygens (including phenoxy) is 1. The van der Waals surface area contributed by atoms with E-state index in [0.29, 0.717) is 23.4 Å². The molecule has 0 aliphatic rings. The summed E-state index contributed by atoms with van der Waals surface area (Å²) in [7, 11) is 0. The fourth-order valence-corrected chi connectivity index (χ4v) is 1.82. The molecule has 0 fully saturated rings. The van der Waals surface area contributed by atoms with Crippen molar-refractivity contribution in [2.45, 2.75) is 6.92 Å². The molecule has 0 radical (unpaired) electrons. The van der Waals surface area contributed by atoms with Crippen LogP contribution in [0.2, 0.25) is 0 Å². The molecule has 0 atom stereocenters. The largest absolute Gasteiger partial charge is 0.505 e. The van der Waals surface area contributed by atoms with Gasteiger partial charge in [-0.2, -0.15) is 0 Å². The quantitative estimate of drug-likeness (QED) is 0.504. The van der Waals surface area contributed by atoms with Crippen molar-refractivity contribution < 1.29 is 14.6 Å². The van der Waals surface area contributed by atoms with Crippen LogP contribution in [0.25, 0.3) is 11.1 Å². The van der Waals surface area contributed by atoms with Crippen molar-refractivity contribution in [3.8, 4) is 16.9 Å². The fourth-order valence-electron chi connectivity index (χ4n) is 1.82.